The SMILES string of the molecule is CCCCCCCCC(CC1(CC)COC1)C(OCC)(OCC)c1ccccc1. The molecule has 3 heteroatoms. The lowest BCUT2D eigenvalue weighted by Gasteiger charge is -2.48. The van der Waals surface area contributed by atoms with E-state index in [0.717, 1.165) is 38.0 Å². The summed E-state index contributed by atoms with van der Waals surface area (Å²) in [6.45, 7) is 11.8. The summed E-state index contributed by atoms with van der Waals surface area (Å²) in [6.07, 6.45) is 11.3. The maximum Gasteiger partial charge on any atom is 0.197 e. The molecule has 1 aliphatic rings. The van der Waals surface area contributed by atoms with Crippen molar-refractivity contribution in [1.29, 1.82) is 0 Å². The van der Waals surface area contributed by atoms with Crippen LogP contribution in [0.25, 0.3) is 0 Å². The molecule has 0 aliphatic carbocycles. The molecule has 2 rings (SSSR count). The monoisotopic (exact) mass is 404 g/mol. The van der Waals surface area contributed by atoms with Crippen LogP contribution in [0, 0.1) is 11.3 Å². The summed E-state index contributed by atoms with van der Waals surface area (Å²) in [5.74, 6) is -0.328. The number of rotatable bonds is 16. The van der Waals surface area contributed by atoms with Gasteiger partial charge in [0.1, 0.15) is 0 Å². The molecular weight excluding hydrogens is 360 g/mol. The number of benzene rings is 1. The van der Waals surface area contributed by atoms with E-state index in [2.05, 4.69) is 58.0 Å². The van der Waals surface area contributed by atoms with E-state index in [1.54, 1.807) is 0 Å². The van der Waals surface area contributed by atoms with Crippen LogP contribution < -0.4 is 0 Å². The molecule has 1 aliphatic heterocycles. The van der Waals surface area contributed by atoms with Crippen molar-refractivity contribution in [3.63, 3.8) is 0 Å². The molecule has 1 aromatic rings. The van der Waals surface area contributed by atoms with E-state index in [9.17, 15) is 0 Å². The average molecular weight is 405 g/mol. The van der Waals surface area contributed by atoms with Crippen molar-refractivity contribution in [2.45, 2.75) is 91.3 Å². The van der Waals surface area contributed by atoms with Crippen LogP contribution >= 0.6 is 0 Å². The van der Waals surface area contributed by atoms with Gasteiger partial charge < -0.3 is 14.2 Å². The smallest absolute Gasteiger partial charge is 0.197 e. The van der Waals surface area contributed by atoms with Gasteiger partial charge in [-0.25, -0.2) is 0 Å². The van der Waals surface area contributed by atoms with Crippen molar-refractivity contribution < 1.29 is 14.2 Å². The molecule has 1 atom stereocenters. The van der Waals surface area contributed by atoms with Crippen LogP contribution in [0.5, 0.6) is 0 Å². The van der Waals surface area contributed by atoms with Crippen molar-refractivity contribution in [1.82, 2.24) is 0 Å². The van der Waals surface area contributed by atoms with E-state index < -0.39 is 5.79 Å². The van der Waals surface area contributed by atoms with Crippen LogP contribution in [0.4, 0.5) is 0 Å². The Bertz CT molecular complexity index is 527. The zero-order chi connectivity index (χ0) is 21.0. The number of hydrogen-bond acceptors (Lipinski definition) is 3. The van der Waals surface area contributed by atoms with Crippen LogP contribution in [-0.2, 0) is 20.0 Å². The Morgan fingerprint density at radius 1 is 0.897 bits per heavy atom. The first-order chi connectivity index (χ1) is 14.2. The molecule has 166 valence electrons. The lowest BCUT2D eigenvalue weighted by molar-refractivity contribution is -0.286. The Labute approximate surface area is 179 Å². The van der Waals surface area contributed by atoms with Gasteiger partial charge in [0.15, 0.2) is 5.79 Å². The third kappa shape index (κ3) is 6.54. The van der Waals surface area contributed by atoms with E-state index in [1.165, 1.54) is 38.5 Å². The fraction of sp³-hybridized carbons (Fsp3) is 0.769. The summed E-state index contributed by atoms with van der Waals surface area (Å²) >= 11 is 0. The first kappa shape index (κ1) is 24.4. The van der Waals surface area contributed by atoms with Crippen LogP contribution in [-0.4, -0.2) is 26.4 Å². The topological polar surface area (TPSA) is 27.7 Å². The van der Waals surface area contributed by atoms with Gasteiger partial charge in [-0.15, -0.1) is 0 Å². The van der Waals surface area contributed by atoms with E-state index in [0.29, 0.717) is 19.1 Å². The maximum absolute atomic E-state index is 6.51. The highest BCUT2D eigenvalue weighted by molar-refractivity contribution is 5.22. The predicted molar refractivity (Wildman–Crippen MR) is 121 cm³/mol. The second kappa shape index (κ2) is 12.7. The molecule has 3 nitrogen and oxygen atoms in total. The second-order valence-corrected chi connectivity index (χ2v) is 8.70. The summed E-state index contributed by atoms with van der Waals surface area (Å²) in [5, 5.41) is 0. The first-order valence-corrected chi connectivity index (χ1v) is 12.1. The molecule has 0 N–H and O–H groups in total. The first-order valence-electron chi connectivity index (χ1n) is 12.1. The number of unbranched alkanes of at least 4 members (excludes halogenated alkanes) is 5. The summed E-state index contributed by atoms with van der Waals surface area (Å²) in [6, 6.07) is 10.6. The van der Waals surface area contributed by atoms with Gasteiger partial charge in [-0.2, -0.15) is 0 Å². The molecule has 0 spiro atoms. The highest BCUT2D eigenvalue weighted by Crippen LogP contribution is 2.47. The van der Waals surface area contributed by atoms with Crippen molar-refractivity contribution in [2.24, 2.45) is 11.3 Å². The molecule has 29 heavy (non-hydrogen) atoms. The fourth-order valence-corrected chi connectivity index (χ4v) is 4.76. The highest BCUT2D eigenvalue weighted by Gasteiger charge is 2.48. The predicted octanol–water partition coefficient (Wildman–Crippen LogP) is 7.10. The molecular formula is C26H44O3. The standard InChI is InChI=1S/C26H44O3/c1-5-9-10-11-12-14-19-24(20-25(6-2)21-27-22-25)26(28-7-3,29-8-4)23-17-15-13-16-18-23/h13,15-18,24H,5-12,14,19-22H2,1-4H3. The second-order valence-electron chi connectivity index (χ2n) is 8.70. The molecule has 1 unspecified atom stereocenters. The van der Waals surface area contributed by atoms with Gasteiger partial charge >= 0.3 is 0 Å². The Balaban J connectivity index is 2.24. The summed E-state index contributed by atoms with van der Waals surface area (Å²) in [7, 11) is 0. The fourth-order valence-electron chi connectivity index (χ4n) is 4.76. The van der Waals surface area contributed by atoms with Gasteiger partial charge in [0.05, 0.1) is 13.2 Å². The Kier molecular flexibility index (Phi) is 10.7. The normalized spacial score (nSPS) is 17.1. The van der Waals surface area contributed by atoms with Crippen LogP contribution in [0.3, 0.4) is 0 Å². The molecule has 0 aromatic heterocycles. The minimum Gasteiger partial charge on any atom is -0.380 e. The van der Waals surface area contributed by atoms with Crippen LogP contribution in [0.15, 0.2) is 30.3 Å². The molecule has 1 heterocycles. The van der Waals surface area contributed by atoms with Gasteiger partial charge in [-0.1, -0.05) is 82.7 Å². The minimum absolute atomic E-state index is 0.279. The molecule has 0 bridgehead atoms. The lowest BCUT2D eigenvalue weighted by atomic mass is 9.70. The quantitative estimate of drug-likeness (QED) is 0.217. The van der Waals surface area contributed by atoms with E-state index >= 15 is 0 Å². The van der Waals surface area contributed by atoms with E-state index in [-0.39, 0.29) is 5.41 Å². The van der Waals surface area contributed by atoms with Gasteiger partial charge in [0.2, 0.25) is 0 Å². The van der Waals surface area contributed by atoms with Crippen molar-refractivity contribution in [3.05, 3.63) is 35.9 Å². The maximum atomic E-state index is 6.51. The molecule has 0 saturated carbocycles. The van der Waals surface area contributed by atoms with Gasteiger partial charge in [0, 0.05) is 30.1 Å². The van der Waals surface area contributed by atoms with E-state index in [4.69, 9.17) is 14.2 Å². The van der Waals surface area contributed by atoms with Crippen molar-refractivity contribution in [2.75, 3.05) is 26.4 Å². The number of hydrogen-bond donors (Lipinski definition) is 0. The van der Waals surface area contributed by atoms with Crippen molar-refractivity contribution >= 4 is 0 Å². The van der Waals surface area contributed by atoms with Gasteiger partial charge in [0.25, 0.3) is 0 Å². The third-order valence-corrected chi connectivity index (χ3v) is 6.58. The minimum atomic E-state index is -0.661. The molecule has 0 amide bonds. The number of ether oxygens (including phenoxy) is 3. The average Bonchev–Trinajstić information content (AvgIpc) is 2.72. The Morgan fingerprint density at radius 3 is 2.03 bits per heavy atom. The zero-order valence-electron chi connectivity index (χ0n) is 19.4. The third-order valence-electron chi connectivity index (χ3n) is 6.58. The molecule has 0 radical (unpaired) electrons. The van der Waals surface area contributed by atoms with Gasteiger partial charge in [-0.3, -0.25) is 0 Å². The highest BCUT2D eigenvalue weighted by atomic mass is 16.7. The summed E-state index contributed by atoms with van der Waals surface area (Å²) in [5.41, 5.74) is 1.44. The van der Waals surface area contributed by atoms with E-state index in [1.807, 2.05) is 0 Å². The van der Waals surface area contributed by atoms with Crippen LogP contribution in [0.2, 0.25) is 0 Å². The summed E-state index contributed by atoms with van der Waals surface area (Å²) in [4.78, 5) is 0. The Morgan fingerprint density at radius 2 is 1.52 bits per heavy atom. The molecule has 1 fully saturated rings. The summed E-state index contributed by atoms with van der Waals surface area (Å²) < 4.78 is 18.7. The van der Waals surface area contributed by atoms with Gasteiger partial charge in [-0.05, 0) is 33.1 Å². The van der Waals surface area contributed by atoms with Crippen LogP contribution in [0.1, 0.15) is 91.0 Å². The zero-order valence-corrected chi connectivity index (χ0v) is 19.4. The Hall–Kier alpha value is -0.900. The lowest BCUT2D eigenvalue weighted by Crippen LogP contribution is -2.49. The largest absolute Gasteiger partial charge is 0.380 e. The molecule has 1 saturated heterocycles. The van der Waals surface area contributed by atoms with Crippen molar-refractivity contribution in [3.8, 4) is 0 Å². The molecule has 1 aromatic carbocycles.